The minimum Gasteiger partial charge on any atom is -0.496 e. The van der Waals surface area contributed by atoms with Gasteiger partial charge in [-0.2, -0.15) is 0 Å². The number of nitrogen functional groups attached to an aromatic ring is 1. The Bertz CT molecular complexity index is 1900. The number of ketones is 1. The summed E-state index contributed by atoms with van der Waals surface area (Å²) in [7, 11) is 1.46. The molecule has 0 unspecified atom stereocenters. The maximum atomic E-state index is 13.9. The van der Waals surface area contributed by atoms with Gasteiger partial charge in [0.25, 0.3) is 5.91 Å². The summed E-state index contributed by atoms with van der Waals surface area (Å²) in [6.45, 7) is 5.38. The fourth-order valence-electron chi connectivity index (χ4n) is 4.78. The van der Waals surface area contributed by atoms with Crippen LogP contribution in [0.1, 0.15) is 72.4 Å². The molecular formula is C34H32N4O8. The number of amides is 1. The van der Waals surface area contributed by atoms with Crippen LogP contribution in [0.15, 0.2) is 68.7 Å². The molecule has 1 aliphatic rings. The van der Waals surface area contributed by atoms with E-state index in [1.807, 2.05) is 0 Å². The Morgan fingerprint density at radius 1 is 1.11 bits per heavy atom. The van der Waals surface area contributed by atoms with Gasteiger partial charge < -0.3 is 29.4 Å². The third-order valence-corrected chi connectivity index (χ3v) is 7.55. The number of nitrogens with two attached hydrogens (primary N) is 1. The lowest BCUT2D eigenvalue weighted by atomic mass is 9.90. The molecule has 1 fully saturated rings. The van der Waals surface area contributed by atoms with Crippen molar-refractivity contribution in [3.05, 3.63) is 111 Å². The van der Waals surface area contributed by atoms with E-state index in [0.717, 1.165) is 12.8 Å². The van der Waals surface area contributed by atoms with Crippen molar-refractivity contribution in [3.63, 3.8) is 0 Å². The summed E-state index contributed by atoms with van der Waals surface area (Å²) in [6, 6.07) is 12.9. The van der Waals surface area contributed by atoms with Gasteiger partial charge in [0.2, 0.25) is 0 Å². The van der Waals surface area contributed by atoms with Crippen molar-refractivity contribution in [1.82, 2.24) is 10.3 Å². The van der Waals surface area contributed by atoms with Crippen LogP contribution in [-0.4, -0.2) is 42.1 Å². The van der Waals surface area contributed by atoms with E-state index in [2.05, 4.69) is 16.9 Å². The molecule has 0 spiro atoms. The molecule has 1 amide bonds. The van der Waals surface area contributed by atoms with Crippen molar-refractivity contribution >= 4 is 29.6 Å². The zero-order valence-corrected chi connectivity index (χ0v) is 25.3. The van der Waals surface area contributed by atoms with Gasteiger partial charge in [0.05, 0.1) is 7.11 Å². The second kappa shape index (κ2) is 13.5. The lowest BCUT2D eigenvalue weighted by Gasteiger charge is -2.17. The minimum atomic E-state index is -0.940. The summed E-state index contributed by atoms with van der Waals surface area (Å²) < 4.78 is 20.8. The number of rotatable bonds is 13. The smallest absolute Gasteiger partial charge is 0.496 e. The molecule has 0 saturated heterocycles. The number of hydrogen-bond donors (Lipinski definition) is 3. The van der Waals surface area contributed by atoms with Crippen molar-refractivity contribution in [3.8, 4) is 16.9 Å². The minimum absolute atomic E-state index is 0.0121. The van der Waals surface area contributed by atoms with E-state index in [9.17, 15) is 19.2 Å². The summed E-state index contributed by atoms with van der Waals surface area (Å²) in [6.07, 6.45) is 3.60. The first-order chi connectivity index (χ1) is 22.1. The van der Waals surface area contributed by atoms with Crippen LogP contribution in [0.5, 0.6) is 5.75 Å². The standard InChI is InChI=1S/C34H32N4O8/c1-4-21-14-25(27(39)13-19-7-9-22(10-8-19)31(35)36)24(15-28(21)43-3)23-11-12-26(32(40)37-16-20-5-6-20)38-30(23)33(41)44-17-29-18(2)45-34(42)46-29/h4,7-12,14-15,20H,1,5-6,13,16-17H2,2-3H3,(H3,35,36)(H,37,40). The predicted octanol–water partition coefficient (Wildman–Crippen LogP) is 4.46. The van der Waals surface area contributed by atoms with Crippen molar-refractivity contribution < 1.29 is 32.7 Å². The van der Waals surface area contributed by atoms with Crippen LogP contribution in [0, 0.1) is 18.3 Å². The second-order valence-corrected chi connectivity index (χ2v) is 10.8. The number of nitrogens with one attached hydrogen (secondary N) is 2. The third-order valence-electron chi connectivity index (χ3n) is 7.55. The number of benzene rings is 2. The molecule has 4 N–H and O–H groups in total. The molecule has 4 aromatic rings. The topological polar surface area (TPSA) is 188 Å². The first-order valence-corrected chi connectivity index (χ1v) is 14.4. The summed E-state index contributed by atoms with van der Waals surface area (Å²) in [5.41, 5.74) is 7.80. The number of amidine groups is 1. The molecule has 0 aliphatic heterocycles. The molecule has 1 saturated carbocycles. The first-order valence-electron chi connectivity index (χ1n) is 14.4. The number of pyridine rings is 1. The molecule has 12 heteroatoms. The van der Waals surface area contributed by atoms with Gasteiger partial charge in [-0.25, -0.2) is 14.6 Å². The molecule has 2 aromatic carbocycles. The number of carbonyl (C=O) groups is 3. The number of aromatic nitrogens is 1. The van der Waals surface area contributed by atoms with E-state index in [1.54, 1.807) is 42.5 Å². The van der Waals surface area contributed by atoms with Gasteiger partial charge in [0.1, 0.15) is 17.3 Å². The van der Waals surface area contributed by atoms with E-state index < -0.39 is 24.3 Å². The molecule has 0 atom stereocenters. The number of nitrogens with zero attached hydrogens (tertiary/aromatic N) is 1. The van der Waals surface area contributed by atoms with Gasteiger partial charge in [0, 0.05) is 35.2 Å². The number of methoxy groups -OCH3 is 1. The normalized spacial score (nSPS) is 12.3. The zero-order valence-electron chi connectivity index (χ0n) is 25.3. The number of ether oxygens (including phenoxy) is 2. The Hall–Kier alpha value is -5.78. The summed E-state index contributed by atoms with van der Waals surface area (Å²) in [5.74, 6) is -1.75. The van der Waals surface area contributed by atoms with Crippen LogP contribution in [0.25, 0.3) is 17.2 Å². The maximum absolute atomic E-state index is 13.9. The largest absolute Gasteiger partial charge is 0.519 e. The van der Waals surface area contributed by atoms with E-state index in [1.165, 1.54) is 26.2 Å². The Balaban J connectivity index is 1.57. The van der Waals surface area contributed by atoms with Gasteiger partial charge >= 0.3 is 11.8 Å². The zero-order chi connectivity index (χ0) is 33.0. The van der Waals surface area contributed by atoms with E-state index in [4.69, 9.17) is 29.5 Å². The third kappa shape index (κ3) is 7.12. The summed E-state index contributed by atoms with van der Waals surface area (Å²) in [4.78, 5) is 56.3. The number of esters is 1. The quantitative estimate of drug-likeness (QED) is 0.0829. The Morgan fingerprint density at radius 3 is 2.46 bits per heavy atom. The molecular weight excluding hydrogens is 592 g/mol. The number of Topliss-reactive ketones (excluding diaryl/α,β-unsaturated/α-hetero) is 1. The van der Waals surface area contributed by atoms with Gasteiger partial charge in [0.15, 0.2) is 29.6 Å². The SMILES string of the molecule is C=Cc1cc(C(=O)Cc2ccc(C(=N)N)cc2)c(-c2ccc(C(=O)NCC3CC3)nc2C(=O)OCc2oc(=O)oc2C)cc1OC. The van der Waals surface area contributed by atoms with Gasteiger partial charge in [-0.1, -0.05) is 36.9 Å². The van der Waals surface area contributed by atoms with Crippen molar-refractivity contribution in [2.24, 2.45) is 11.7 Å². The molecule has 12 nitrogen and oxygen atoms in total. The molecule has 2 aromatic heterocycles. The number of aryl methyl sites for hydroxylation is 1. The van der Waals surface area contributed by atoms with Crippen LogP contribution in [0.3, 0.4) is 0 Å². The Morgan fingerprint density at radius 2 is 1.85 bits per heavy atom. The first kappa shape index (κ1) is 31.6. The Kier molecular flexibility index (Phi) is 9.26. The van der Waals surface area contributed by atoms with Crippen LogP contribution in [0.4, 0.5) is 0 Å². The summed E-state index contributed by atoms with van der Waals surface area (Å²) >= 11 is 0. The number of carbonyl (C=O) groups excluding carboxylic acids is 3. The lowest BCUT2D eigenvalue weighted by Crippen LogP contribution is -2.27. The lowest BCUT2D eigenvalue weighted by molar-refractivity contribution is 0.0436. The van der Waals surface area contributed by atoms with Gasteiger partial charge in [-0.3, -0.25) is 15.0 Å². The van der Waals surface area contributed by atoms with E-state index in [-0.39, 0.29) is 52.1 Å². The van der Waals surface area contributed by atoms with Gasteiger partial charge in [-0.05, 0) is 61.1 Å². The predicted molar refractivity (Wildman–Crippen MR) is 168 cm³/mol. The van der Waals surface area contributed by atoms with Crippen molar-refractivity contribution in [2.75, 3.05) is 13.7 Å². The molecule has 5 rings (SSSR count). The van der Waals surface area contributed by atoms with Crippen molar-refractivity contribution in [2.45, 2.75) is 32.8 Å². The highest BCUT2D eigenvalue weighted by atomic mass is 16.6. The van der Waals surface area contributed by atoms with Crippen molar-refractivity contribution in [1.29, 1.82) is 5.41 Å². The molecule has 0 radical (unpaired) electrons. The Labute approximate surface area is 263 Å². The van der Waals surface area contributed by atoms with E-state index >= 15 is 0 Å². The molecule has 0 bridgehead atoms. The fourth-order valence-corrected chi connectivity index (χ4v) is 4.78. The second-order valence-electron chi connectivity index (χ2n) is 10.8. The van der Waals surface area contributed by atoms with Gasteiger partial charge in [-0.15, -0.1) is 0 Å². The van der Waals surface area contributed by atoms with Crippen LogP contribution in [-0.2, 0) is 17.8 Å². The molecule has 2 heterocycles. The monoisotopic (exact) mass is 624 g/mol. The highest BCUT2D eigenvalue weighted by molar-refractivity contribution is 6.07. The average Bonchev–Trinajstić information content (AvgIpc) is 3.83. The highest BCUT2D eigenvalue weighted by Crippen LogP contribution is 2.35. The average molecular weight is 625 g/mol. The van der Waals surface area contributed by atoms with Crippen LogP contribution in [0.2, 0.25) is 0 Å². The molecule has 236 valence electrons. The highest BCUT2D eigenvalue weighted by Gasteiger charge is 2.27. The molecule has 46 heavy (non-hydrogen) atoms. The number of hydrogen-bond acceptors (Lipinski definition) is 10. The summed E-state index contributed by atoms with van der Waals surface area (Å²) in [5, 5.41) is 10.5. The molecule has 1 aliphatic carbocycles. The van der Waals surface area contributed by atoms with Crippen LogP contribution < -0.4 is 21.6 Å². The van der Waals surface area contributed by atoms with Crippen LogP contribution >= 0.6 is 0 Å². The van der Waals surface area contributed by atoms with E-state index in [0.29, 0.717) is 40.5 Å². The fraction of sp³-hybridized carbons (Fsp3) is 0.235. The maximum Gasteiger partial charge on any atom is 0.519 e.